The van der Waals surface area contributed by atoms with Crippen LogP contribution in [0, 0.1) is 0 Å². The fourth-order valence-corrected chi connectivity index (χ4v) is 4.40. The number of carbonyl (C=O) groups excluding carboxylic acids is 3. The van der Waals surface area contributed by atoms with Crippen molar-refractivity contribution in [2.45, 2.75) is 33.0 Å². The number of esters is 1. The monoisotopic (exact) mass is 527 g/mol. The van der Waals surface area contributed by atoms with Gasteiger partial charge in [-0.25, -0.2) is 0 Å². The number of hydrogen-bond donors (Lipinski definition) is 0. The van der Waals surface area contributed by atoms with Crippen molar-refractivity contribution in [3.05, 3.63) is 67.5 Å². The first kappa shape index (κ1) is 25.4. The summed E-state index contributed by atoms with van der Waals surface area (Å²) in [5.74, 6) is -0.964. The largest absolute Gasteiger partial charge is 0.486 e. The lowest BCUT2D eigenvalue weighted by atomic mass is 10.2. The van der Waals surface area contributed by atoms with Gasteiger partial charge < -0.3 is 9.47 Å². The Hall–Kier alpha value is -2.19. The number of rotatable bonds is 6. The second-order valence-corrected chi connectivity index (χ2v) is 10.3. The van der Waals surface area contributed by atoms with E-state index >= 15 is 0 Å². The summed E-state index contributed by atoms with van der Waals surface area (Å²) in [4.78, 5) is 37.9. The van der Waals surface area contributed by atoms with Crippen molar-refractivity contribution in [3.8, 4) is 5.75 Å². The molecule has 2 amide bonds. The third-order valence-electron chi connectivity index (χ3n) is 4.20. The normalized spacial score (nSPS) is 15.3. The molecule has 1 aliphatic rings. The van der Waals surface area contributed by atoms with E-state index in [0.29, 0.717) is 16.3 Å². The number of nitrogens with zero attached hydrogens (tertiary/aromatic N) is 1. The Labute approximate surface area is 210 Å². The lowest BCUT2D eigenvalue weighted by molar-refractivity contribution is -0.156. The maximum absolute atomic E-state index is 12.6. The van der Waals surface area contributed by atoms with Crippen LogP contribution in [0.15, 0.2) is 41.3 Å². The van der Waals surface area contributed by atoms with Crippen molar-refractivity contribution in [2.24, 2.45) is 0 Å². The Kier molecular flexibility index (Phi) is 8.00. The second kappa shape index (κ2) is 10.4. The summed E-state index contributed by atoms with van der Waals surface area (Å²) in [5, 5.41) is 0.554. The Bertz CT molecular complexity index is 1100. The fraction of sp³-hybridized carbons (Fsp3) is 0.261. The Morgan fingerprint density at radius 3 is 2.24 bits per heavy atom. The molecule has 1 fully saturated rings. The molecule has 2 aromatic rings. The predicted molar refractivity (Wildman–Crippen MR) is 131 cm³/mol. The van der Waals surface area contributed by atoms with E-state index in [0.717, 1.165) is 22.2 Å². The van der Waals surface area contributed by atoms with Crippen LogP contribution < -0.4 is 4.74 Å². The summed E-state index contributed by atoms with van der Waals surface area (Å²) < 4.78 is 10.9. The van der Waals surface area contributed by atoms with E-state index in [1.165, 1.54) is 6.08 Å². The third kappa shape index (κ3) is 6.90. The fourth-order valence-electron chi connectivity index (χ4n) is 2.83. The summed E-state index contributed by atoms with van der Waals surface area (Å²) in [6.45, 7) is 4.89. The molecule has 1 heterocycles. The van der Waals surface area contributed by atoms with Crippen molar-refractivity contribution >= 4 is 69.8 Å². The standard InChI is InChI=1S/C23H20Cl3NO5S/c1-23(2,3)32-19(28)11-27-21(29)18(33-22(27)30)10-14-8-16(25)20(17(26)9-14)31-12-13-4-6-15(24)7-5-13/h4-10H,11-12H2,1-3H3. The zero-order chi connectivity index (χ0) is 24.3. The molecule has 0 unspecified atom stereocenters. The average molecular weight is 529 g/mol. The maximum Gasteiger partial charge on any atom is 0.326 e. The molecule has 0 spiro atoms. The predicted octanol–water partition coefficient (Wildman–Crippen LogP) is 6.60. The van der Waals surface area contributed by atoms with Crippen molar-refractivity contribution in [1.29, 1.82) is 0 Å². The molecule has 0 radical (unpaired) electrons. The number of hydrogen-bond acceptors (Lipinski definition) is 6. The summed E-state index contributed by atoms with van der Waals surface area (Å²) >= 11 is 19.3. The molecular formula is C23H20Cl3NO5S. The van der Waals surface area contributed by atoms with Crippen LogP contribution in [0.1, 0.15) is 31.9 Å². The van der Waals surface area contributed by atoms with Crippen LogP contribution in [-0.2, 0) is 20.9 Å². The molecular weight excluding hydrogens is 509 g/mol. The minimum Gasteiger partial charge on any atom is -0.486 e. The molecule has 0 bridgehead atoms. The summed E-state index contributed by atoms with van der Waals surface area (Å²) in [5.41, 5.74) is 0.667. The van der Waals surface area contributed by atoms with Gasteiger partial charge in [0.25, 0.3) is 11.1 Å². The molecule has 0 aromatic heterocycles. The molecule has 10 heteroatoms. The molecule has 0 saturated carbocycles. The number of thioether (sulfide) groups is 1. The molecule has 0 N–H and O–H groups in total. The van der Waals surface area contributed by atoms with E-state index in [1.54, 1.807) is 45.0 Å². The lowest BCUT2D eigenvalue weighted by Crippen LogP contribution is -2.37. The van der Waals surface area contributed by atoms with Gasteiger partial charge in [-0.1, -0.05) is 46.9 Å². The average Bonchev–Trinajstić information content (AvgIpc) is 2.94. The number of ether oxygens (including phenoxy) is 2. The van der Waals surface area contributed by atoms with Crippen molar-refractivity contribution in [2.75, 3.05) is 6.54 Å². The van der Waals surface area contributed by atoms with Gasteiger partial charge in [0.1, 0.15) is 18.8 Å². The highest BCUT2D eigenvalue weighted by atomic mass is 35.5. The van der Waals surface area contributed by atoms with Gasteiger partial charge in [0, 0.05) is 5.02 Å². The maximum atomic E-state index is 12.6. The van der Waals surface area contributed by atoms with Gasteiger partial charge in [0.15, 0.2) is 5.75 Å². The summed E-state index contributed by atoms with van der Waals surface area (Å²) in [6.07, 6.45) is 1.49. The first-order valence-electron chi connectivity index (χ1n) is 9.76. The summed E-state index contributed by atoms with van der Waals surface area (Å²) in [6, 6.07) is 10.3. The van der Waals surface area contributed by atoms with E-state index in [2.05, 4.69) is 0 Å². The molecule has 33 heavy (non-hydrogen) atoms. The third-order valence-corrected chi connectivity index (χ3v) is 5.92. The van der Waals surface area contributed by atoms with Crippen LogP contribution in [0.25, 0.3) is 6.08 Å². The van der Waals surface area contributed by atoms with Gasteiger partial charge in [-0.05, 0) is 74.0 Å². The van der Waals surface area contributed by atoms with Crippen LogP contribution in [-0.4, -0.2) is 34.2 Å². The van der Waals surface area contributed by atoms with E-state index < -0.39 is 29.3 Å². The number of amides is 2. The minimum absolute atomic E-state index is 0.144. The quantitative estimate of drug-likeness (QED) is 0.310. The minimum atomic E-state index is -0.723. The van der Waals surface area contributed by atoms with Crippen molar-refractivity contribution in [1.82, 2.24) is 4.90 Å². The van der Waals surface area contributed by atoms with Gasteiger partial charge in [-0.3, -0.25) is 19.3 Å². The van der Waals surface area contributed by atoms with Gasteiger partial charge in [0.2, 0.25) is 0 Å². The highest BCUT2D eigenvalue weighted by molar-refractivity contribution is 8.18. The van der Waals surface area contributed by atoms with Crippen molar-refractivity contribution in [3.63, 3.8) is 0 Å². The van der Waals surface area contributed by atoms with Gasteiger partial charge in [-0.2, -0.15) is 0 Å². The Balaban J connectivity index is 1.72. The van der Waals surface area contributed by atoms with E-state index in [1.807, 2.05) is 12.1 Å². The van der Waals surface area contributed by atoms with Crippen LogP contribution in [0.4, 0.5) is 4.79 Å². The Morgan fingerprint density at radius 2 is 1.67 bits per heavy atom. The molecule has 0 aliphatic carbocycles. The molecule has 1 saturated heterocycles. The van der Waals surface area contributed by atoms with E-state index in [9.17, 15) is 14.4 Å². The van der Waals surface area contributed by atoms with Gasteiger partial charge >= 0.3 is 5.97 Å². The zero-order valence-corrected chi connectivity index (χ0v) is 21.1. The SMILES string of the molecule is CC(C)(C)OC(=O)CN1C(=O)SC(=Cc2cc(Cl)c(OCc3ccc(Cl)cc3)c(Cl)c2)C1=O. The van der Waals surface area contributed by atoms with Gasteiger partial charge in [-0.15, -0.1) is 0 Å². The molecule has 174 valence electrons. The molecule has 0 atom stereocenters. The zero-order valence-electron chi connectivity index (χ0n) is 18.0. The summed E-state index contributed by atoms with van der Waals surface area (Å²) in [7, 11) is 0. The number of halogens is 3. The molecule has 2 aromatic carbocycles. The molecule has 6 nitrogen and oxygen atoms in total. The molecule has 3 rings (SSSR count). The van der Waals surface area contributed by atoms with E-state index in [-0.39, 0.29) is 21.6 Å². The highest BCUT2D eigenvalue weighted by Gasteiger charge is 2.37. The van der Waals surface area contributed by atoms with Crippen molar-refractivity contribution < 1.29 is 23.9 Å². The van der Waals surface area contributed by atoms with Crippen LogP contribution >= 0.6 is 46.6 Å². The first-order valence-corrected chi connectivity index (χ1v) is 11.7. The smallest absolute Gasteiger partial charge is 0.326 e. The highest BCUT2D eigenvalue weighted by Crippen LogP contribution is 2.38. The number of carbonyl (C=O) groups is 3. The van der Waals surface area contributed by atoms with Crippen LogP contribution in [0.5, 0.6) is 5.75 Å². The second-order valence-electron chi connectivity index (χ2n) is 8.08. The lowest BCUT2D eigenvalue weighted by Gasteiger charge is -2.21. The molecule has 1 aliphatic heterocycles. The van der Waals surface area contributed by atoms with Crippen LogP contribution in [0.2, 0.25) is 15.1 Å². The van der Waals surface area contributed by atoms with Gasteiger partial charge in [0.05, 0.1) is 15.0 Å². The number of imide groups is 1. The number of benzene rings is 2. The first-order chi connectivity index (χ1) is 15.4. The van der Waals surface area contributed by atoms with E-state index in [4.69, 9.17) is 44.3 Å². The van der Waals surface area contributed by atoms with Crippen LogP contribution in [0.3, 0.4) is 0 Å². The topological polar surface area (TPSA) is 72.9 Å². The Morgan fingerprint density at radius 1 is 1.06 bits per heavy atom.